The summed E-state index contributed by atoms with van der Waals surface area (Å²) in [4.78, 5) is 40.5. The quantitative estimate of drug-likeness (QED) is 0.276. The molecule has 8 nitrogen and oxygen atoms in total. The van der Waals surface area contributed by atoms with Gasteiger partial charge in [0.1, 0.15) is 5.82 Å². The molecule has 1 aliphatic heterocycles. The molecule has 0 aliphatic carbocycles. The zero-order valence-electron chi connectivity index (χ0n) is 21.5. The van der Waals surface area contributed by atoms with Crippen LogP contribution in [0.2, 0.25) is 5.02 Å². The molecule has 0 bridgehead atoms. The number of rotatable bonds is 8. The molecule has 0 aromatic heterocycles. The summed E-state index contributed by atoms with van der Waals surface area (Å²) in [6, 6.07) is 18.2. The standard InChI is InChI=1S/C29H28ClFN4O4/c1-3-16-35-26(19-8-6-5-7-9-19)24(27(36)39-4-2)25(34-29(35)38)18-10-12-20(13-11-18)32-28(37)33-21-14-15-23(31)22(30)17-21/h5-15,17,25H,3-4,16H2,1-2H3,(H,34,38)(H2,32,33,37). The van der Waals surface area contributed by atoms with Crippen LogP contribution in [0.5, 0.6) is 0 Å². The molecule has 4 amide bonds. The fourth-order valence-electron chi connectivity index (χ4n) is 4.30. The molecule has 0 spiro atoms. The number of hydrogen-bond donors (Lipinski definition) is 3. The molecule has 3 N–H and O–H groups in total. The number of amides is 4. The van der Waals surface area contributed by atoms with Crippen molar-refractivity contribution >= 4 is 46.7 Å². The minimum Gasteiger partial charge on any atom is -0.463 e. The molecular formula is C29H28ClFN4O4. The number of nitrogens with one attached hydrogen (secondary N) is 3. The summed E-state index contributed by atoms with van der Waals surface area (Å²) in [5.74, 6) is -1.11. The number of anilines is 2. The molecule has 0 saturated heterocycles. The van der Waals surface area contributed by atoms with Gasteiger partial charge in [-0.25, -0.2) is 18.8 Å². The van der Waals surface area contributed by atoms with Gasteiger partial charge in [-0.15, -0.1) is 0 Å². The van der Waals surface area contributed by atoms with E-state index in [9.17, 15) is 18.8 Å². The molecule has 0 fully saturated rings. The number of carbonyl (C=O) groups is 3. The van der Waals surface area contributed by atoms with Gasteiger partial charge < -0.3 is 20.7 Å². The second kappa shape index (κ2) is 12.4. The number of esters is 1. The fraction of sp³-hybridized carbons (Fsp3) is 0.207. The number of ether oxygens (including phenoxy) is 1. The van der Waals surface area contributed by atoms with Crippen molar-refractivity contribution < 1.29 is 23.5 Å². The Kier molecular flexibility index (Phi) is 8.83. The molecule has 0 saturated carbocycles. The number of carbonyl (C=O) groups excluding carboxylic acids is 3. The van der Waals surface area contributed by atoms with Crippen molar-refractivity contribution in [1.82, 2.24) is 10.2 Å². The van der Waals surface area contributed by atoms with Crippen LogP contribution in [-0.4, -0.2) is 36.1 Å². The van der Waals surface area contributed by atoms with Crippen LogP contribution in [0.3, 0.4) is 0 Å². The van der Waals surface area contributed by atoms with Gasteiger partial charge in [0.25, 0.3) is 0 Å². The highest BCUT2D eigenvalue weighted by Gasteiger charge is 2.38. The largest absolute Gasteiger partial charge is 0.463 e. The predicted molar refractivity (Wildman–Crippen MR) is 149 cm³/mol. The molecule has 3 aromatic carbocycles. The first-order valence-electron chi connectivity index (χ1n) is 12.5. The highest BCUT2D eigenvalue weighted by Crippen LogP contribution is 2.37. The fourth-order valence-corrected chi connectivity index (χ4v) is 4.48. The van der Waals surface area contributed by atoms with Gasteiger partial charge in [-0.2, -0.15) is 0 Å². The van der Waals surface area contributed by atoms with E-state index in [4.69, 9.17) is 16.3 Å². The highest BCUT2D eigenvalue weighted by atomic mass is 35.5. The third-order valence-corrected chi connectivity index (χ3v) is 6.29. The maximum absolute atomic E-state index is 13.4. The lowest BCUT2D eigenvalue weighted by atomic mass is 9.91. The first kappa shape index (κ1) is 27.7. The summed E-state index contributed by atoms with van der Waals surface area (Å²) in [6.45, 7) is 4.28. The molecule has 1 aliphatic rings. The summed E-state index contributed by atoms with van der Waals surface area (Å²) in [6.07, 6.45) is 0.692. The summed E-state index contributed by atoms with van der Waals surface area (Å²) >= 11 is 5.77. The molecule has 39 heavy (non-hydrogen) atoms. The Balaban J connectivity index is 1.64. The zero-order valence-corrected chi connectivity index (χ0v) is 22.2. The zero-order chi connectivity index (χ0) is 27.9. The van der Waals surface area contributed by atoms with Crippen molar-refractivity contribution in [2.45, 2.75) is 26.3 Å². The van der Waals surface area contributed by atoms with Crippen LogP contribution in [0, 0.1) is 5.82 Å². The lowest BCUT2D eigenvalue weighted by molar-refractivity contribution is -0.138. The van der Waals surface area contributed by atoms with E-state index in [0.29, 0.717) is 41.2 Å². The number of benzene rings is 3. The highest BCUT2D eigenvalue weighted by molar-refractivity contribution is 6.31. The Hall–Kier alpha value is -4.37. The van der Waals surface area contributed by atoms with Gasteiger partial charge in [-0.3, -0.25) is 4.90 Å². The average Bonchev–Trinajstić information content (AvgIpc) is 2.92. The number of halogens is 2. The maximum atomic E-state index is 13.4. The van der Waals surface area contributed by atoms with Crippen LogP contribution >= 0.6 is 11.6 Å². The summed E-state index contributed by atoms with van der Waals surface area (Å²) in [5, 5.41) is 8.11. The van der Waals surface area contributed by atoms with E-state index >= 15 is 0 Å². The van der Waals surface area contributed by atoms with E-state index in [2.05, 4.69) is 16.0 Å². The second-order valence-corrected chi connectivity index (χ2v) is 9.12. The smallest absolute Gasteiger partial charge is 0.338 e. The molecular weight excluding hydrogens is 523 g/mol. The predicted octanol–water partition coefficient (Wildman–Crippen LogP) is 6.57. The van der Waals surface area contributed by atoms with Crippen LogP contribution in [-0.2, 0) is 9.53 Å². The first-order valence-corrected chi connectivity index (χ1v) is 12.9. The number of hydrogen-bond acceptors (Lipinski definition) is 4. The molecule has 3 aromatic rings. The van der Waals surface area contributed by atoms with E-state index in [1.165, 1.54) is 12.1 Å². The van der Waals surface area contributed by atoms with E-state index in [1.54, 1.807) is 36.1 Å². The van der Waals surface area contributed by atoms with E-state index < -0.39 is 23.9 Å². The van der Waals surface area contributed by atoms with Gasteiger partial charge in [0.2, 0.25) is 0 Å². The van der Waals surface area contributed by atoms with Crippen LogP contribution < -0.4 is 16.0 Å². The number of urea groups is 2. The third kappa shape index (κ3) is 6.38. The van der Waals surface area contributed by atoms with Crippen molar-refractivity contribution in [3.8, 4) is 0 Å². The lowest BCUT2D eigenvalue weighted by Gasteiger charge is -2.36. The minimum absolute atomic E-state index is 0.107. The van der Waals surface area contributed by atoms with Gasteiger partial charge in [0.05, 0.1) is 28.9 Å². The second-order valence-electron chi connectivity index (χ2n) is 8.71. The van der Waals surface area contributed by atoms with Gasteiger partial charge in [0, 0.05) is 17.9 Å². The normalized spacial score (nSPS) is 15.0. The van der Waals surface area contributed by atoms with Gasteiger partial charge >= 0.3 is 18.0 Å². The lowest BCUT2D eigenvalue weighted by Crippen LogP contribution is -2.48. The van der Waals surface area contributed by atoms with Crippen LogP contribution in [0.1, 0.15) is 37.4 Å². The Morgan fingerprint density at radius 3 is 2.31 bits per heavy atom. The molecule has 1 atom stereocenters. The van der Waals surface area contributed by atoms with Crippen LogP contribution in [0.4, 0.5) is 25.4 Å². The Bertz CT molecular complexity index is 1400. The summed E-state index contributed by atoms with van der Waals surface area (Å²) in [7, 11) is 0. The van der Waals surface area contributed by atoms with Gasteiger partial charge in [-0.05, 0) is 54.8 Å². The van der Waals surface area contributed by atoms with E-state index in [1.807, 2.05) is 37.3 Å². The molecule has 10 heteroatoms. The Morgan fingerprint density at radius 2 is 1.67 bits per heavy atom. The average molecular weight is 551 g/mol. The van der Waals surface area contributed by atoms with Crippen molar-refractivity contribution in [3.05, 3.63) is 100 Å². The molecule has 1 unspecified atom stereocenters. The van der Waals surface area contributed by atoms with E-state index in [-0.39, 0.29) is 17.7 Å². The molecule has 0 radical (unpaired) electrons. The topological polar surface area (TPSA) is 99.8 Å². The number of nitrogens with zero attached hydrogens (tertiary/aromatic N) is 1. The monoisotopic (exact) mass is 550 g/mol. The van der Waals surface area contributed by atoms with Gasteiger partial charge in [0.15, 0.2) is 0 Å². The molecule has 202 valence electrons. The minimum atomic E-state index is -0.774. The Labute approximate surface area is 230 Å². The van der Waals surface area contributed by atoms with Crippen molar-refractivity contribution in [2.75, 3.05) is 23.8 Å². The van der Waals surface area contributed by atoms with Crippen molar-refractivity contribution in [3.63, 3.8) is 0 Å². The van der Waals surface area contributed by atoms with Crippen molar-refractivity contribution in [1.29, 1.82) is 0 Å². The SMILES string of the molecule is CCCN1C(=O)NC(c2ccc(NC(=O)Nc3ccc(F)c(Cl)c3)cc2)C(C(=O)OCC)=C1c1ccccc1. The summed E-state index contributed by atoms with van der Waals surface area (Å²) in [5.41, 5.74) is 2.97. The van der Waals surface area contributed by atoms with Gasteiger partial charge in [-0.1, -0.05) is 61.0 Å². The summed E-state index contributed by atoms with van der Waals surface area (Å²) < 4.78 is 18.8. The van der Waals surface area contributed by atoms with E-state index in [0.717, 1.165) is 11.6 Å². The van der Waals surface area contributed by atoms with Crippen LogP contribution in [0.15, 0.2) is 78.4 Å². The maximum Gasteiger partial charge on any atom is 0.338 e. The molecule has 4 rings (SSSR count). The molecule has 1 heterocycles. The first-order chi connectivity index (χ1) is 18.8. The third-order valence-electron chi connectivity index (χ3n) is 6.00. The Morgan fingerprint density at radius 1 is 1.00 bits per heavy atom. The van der Waals surface area contributed by atoms with Crippen LogP contribution in [0.25, 0.3) is 5.70 Å². The van der Waals surface area contributed by atoms with Crippen molar-refractivity contribution in [2.24, 2.45) is 0 Å².